The molecule has 0 aliphatic heterocycles. The van der Waals surface area contributed by atoms with Crippen LogP contribution in [-0.2, 0) is 0 Å². The van der Waals surface area contributed by atoms with Crippen LogP contribution in [-0.4, -0.2) is 13.6 Å². The largest absolute Gasteiger partial charge is 0.0763 e. The molecule has 0 saturated heterocycles. The van der Waals surface area contributed by atoms with Crippen molar-refractivity contribution < 1.29 is 0 Å². The van der Waals surface area contributed by atoms with Gasteiger partial charge in [0.25, 0.3) is 0 Å². The van der Waals surface area contributed by atoms with E-state index in [0.29, 0.717) is 0 Å². The average molecular weight is 354 g/mol. The van der Waals surface area contributed by atoms with E-state index in [9.17, 15) is 0 Å². The Kier molecular flexibility index (Phi) is 4.28. The Morgan fingerprint density at radius 3 is 2.31 bits per heavy atom. The summed E-state index contributed by atoms with van der Waals surface area (Å²) in [5.41, 5.74) is 7.06. The van der Waals surface area contributed by atoms with E-state index < -0.39 is 8.41 Å². The molecule has 2 aliphatic rings. The van der Waals surface area contributed by atoms with Gasteiger partial charge in [-0.15, -0.1) is 0 Å². The zero-order valence-electron chi connectivity index (χ0n) is 16.1. The molecule has 0 N–H and O–H groups in total. The molecular formula is C25H25Si. The first-order chi connectivity index (χ1) is 12.4. The van der Waals surface area contributed by atoms with Gasteiger partial charge in [-0.05, 0) is 56.1 Å². The molecule has 26 heavy (non-hydrogen) atoms. The maximum atomic E-state index is 3.75. The minimum atomic E-state index is -0.841. The van der Waals surface area contributed by atoms with Gasteiger partial charge in [-0.25, -0.2) is 0 Å². The van der Waals surface area contributed by atoms with Crippen LogP contribution >= 0.6 is 0 Å². The van der Waals surface area contributed by atoms with Crippen molar-refractivity contribution in [1.29, 1.82) is 0 Å². The second-order valence-electron chi connectivity index (χ2n) is 8.19. The Bertz CT molecular complexity index is 976. The van der Waals surface area contributed by atoms with Crippen LogP contribution in [0.15, 0.2) is 83.5 Å². The van der Waals surface area contributed by atoms with E-state index in [1.54, 1.807) is 0 Å². The molecule has 0 aromatic heterocycles. The fourth-order valence-corrected chi connectivity index (χ4v) is 6.03. The third-order valence-corrected chi connectivity index (χ3v) is 7.82. The first-order valence-electron chi connectivity index (χ1n) is 9.37. The third-order valence-electron chi connectivity index (χ3n) is 5.35. The van der Waals surface area contributed by atoms with Gasteiger partial charge < -0.3 is 0 Å². The number of allylic oxidation sites excluding steroid dienone is 5. The second-order valence-corrected chi connectivity index (χ2v) is 10.5. The van der Waals surface area contributed by atoms with Crippen LogP contribution in [0.4, 0.5) is 0 Å². The number of benzene rings is 2. The van der Waals surface area contributed by atoms with Crippen molar-refractivity contribution in [3.05, 3.63) is 101 Å². The Morgan fingerprint density at radius 2 is 1.62 bits per heavy atom. The van der Waals surface area contributed by atoms with Gasteiger partial charge in [0.1, 0.15) is 0 Å². The lowest BCUT2D eigenvalue weighted by Gasteiger charge is -2.18. The highest BCUT2D eigenvalue weighted by Crippen LogP contribution is 2.38. The zero-order chi connectivity index (χ0) is 18.3. The van der Waals surface area contributed by atoms with Crippen molar-refractivity contribution in [3.63, 3.8) is 0 Å². The minimum Gasteiger partial charge on any atom is -0.0763 e. The van der Waals surface area contributed by atoms with Crippen LogP contribution in [0, 0.1) is 11.5 Å². The maximum absolute atomic E-state index is 3.75. The highest BCUT2D eigenvalue weighted by molar-refractivity contribution is 6.85. The Hall–Kier alpha value is -2.25. The summed E-state index contributed by atoms with van der Waals surface area (Å²) in [6.45, 7) is 9.31. The average Bonchev–Trinajstić information content (AvgIpc) is 3.26. The molecule has 1 heteroatoms. The first-order valence-corrected chi connectivity index (χ1v) is 11.4. The number of hydrogen-bond donors (Lipinski definition) is 0. The quantitative estimate of drug-likeness (QED) is 0.650. The fourth-order valence-electron chi connectivity index (χ4n) is 3.83. The van der Waals surface area contributed by atoms with Gasteiger partial charge >= 0.3 is 0 Å². The van der Waals surface area contributed by atoms with E-state index >= 15 is 0 Å². The van der Waals surface area contributed by atoms with Gasteiger partial charge in [0, 0.05) is 0 Å². The smallest absolute Gasteiger partial charge is 0.0527 e. The molecule has 1 radical (unpaired) electrons. The second kappa shape index (κ2) is 6.48. The molecule has 2 aromatic rings. The number of hydrogen-bond acceptors (Lipinski definition) is 0. The van der Waals surface area contributed by atoms with Crippen molar-refractivity contribution in [3.8, 4) is 0 Å². The van der Waals surface area contributed by atoms with Crippen LogP contribution < -0.4 is 5.19 Å². The summed E-state index contributed by atoms with van der Waals surface area (Å²) in [6, 6.07) is 19.7. The van der Waals surface area contributed by atoms with Crippen LogP contribution in [0.2, 0.25) is 6.55 Å². The Labute approximate surface area is 158 Å². The summed E-state index contributed by atoms with van der Waals surface area (Å²) in [5, 5.41) is 2.98. The summed E-state index contributed by atoms with van der Waals surface area (Å²) in [7, 11) is -0.841. The molecule has 0 atom stereocenters. The number of fused-ring (bicyclic) bond motifs is 1. The fraction of sp³-hybridized carbons (Fsp3) is 0.240. The molecule has 2 aromatic carbocycles. The summed E-state index contributed by atoms with van der Waals surface area (Å²) in [5.74, 6) is 0. The van der Waals surface area contributed by atoms with E-state index in [0.717, 1.165) is 6.42 Å². The molecule has 2 aliphatic carbocycles. The maximum Gasteiger partial charge on any atom is 0.0527 e. The standard InChI is InChI=1S/C25H25Si/c1-25(2,3)20-15-14-19(16-20)23-17-18-10-8-9-13-22(18)24(23)26(4)21-11-6-5-7-12-21/h5-13,15-16H,14H2,1-4H3. The van der Waals surface area contributed by atoms with Gasteiger partial charge in [-0.2, -0.15) is 0 Å². The molecular weight excluding hydrogens is 328 g/mol. The summed E-state index contributed by atoms with van der Waals surface area (Å²) < 4.78 is 0. The van der Waals surface area contributed by atoms with Crippen molar-refractivity contribution in [2.24, 2.45) is 5.41 Å². The molecule has 129 valence electrons. The van der Waals surface area contributed by atoms with Gasteiger partial charge in [0.2, 0.25) is 0 Å². The van der Waals surface area contributed by atoms with Crippen molar-refractivity contribution >= 4 is 18.8 Å². The number of rotatable bonds is 2. The highest BCUT2D eigenvalue weighted by Gasteiger charge is 2.27. The van der Waals surface area contributed by atoms with E-state index in [2.05, 4.69) is 100 Å². The molecule has 0 amide bonds. The molecule has 0 saturated carbocycles. The van der Waals surface area contributed by atoms with Gasteiger partial charge in [0.15, 0.2) is 0 Å². The molecule has 4 rings (SSSR count). The zero-order valence-corrected chi connectivity index (χ0v) is 17.1. The predicted octanol–water partition coefficient (Wildman–Crippen LogP) is 5.21. The Balaban J connectivity index is 1.85. The molecule has 0 fully saturated rings. The van der Waals surface area contributed by atoms with Crippen molar-refractivity contribution in [2.45, 2.75) is 33.7 Å². The third kappa shape index (κ3) is 3.01. The molecule has 0 spiro atoms. The molecule has 0 nitrogen and oxygen atoms in total. The first kappa shape index (κ1) is 17.2. The molecule has 0 bridgehead atoms. The highest BCUT2D eigenvalue weighted by atomic mass is 28.2. The van der Waals surface area contributed by atoms with Crippen LogP contribution in [0.3, 0.4) is 0 Å². The van der Waals surface area contributed by atoms with E-state index in [1.165, 1.54) is 38.2 Å². The normalized spacial score (nSPS) is 18.2. The lowest BCUT2D eigenvalue weighted by molar-refractivity contribution is 0.518. The van der Waals surface area contributed by atoms with Crippen molar-refractivity contribution in [1.82, 2.24) is 0 Å². The van der Waals surface area contributed by atoms with Gasteiger partial charge in [0.05, 0.1) is 8.41 Å². The van der Waals surface area contributed by atoms with Gasteiger partial charge in [-0.3, -0.25) is 0 Å². The summed E-state index contributed by atoms with van der Waals surface area (Å²) in [6.07, 6.45) is 9.59. The topological polar surface area (TPSA) is 0 Å². The minimum absolute atomic E-state index is 0.202. The molecule has 0 heterocycles. The van der Waals surface area contributed by atoms with Crippen LogP contribution in [0.1, 0.15) is 38.3 Å². The summed E-state index contributed by atoms with van der Waals surface area (Å²) >= 11 is 0. The van der Waals surface area contributed by atoms with E-state index in [4.69, 9.17) is 0 Å². The Morgan fingerprint density at radius 1 is 0.923 bits per heavy atom. The van der Waals surface area contributed by atoms with Crippen molar-refractivity contribution in [2.75, 3.05) is 0 Å². The van der Waals surface area contributed by atoms with E-state index in [-0.39, 0.29) is 5.41 Å². The molecule has 0 unspecified atom stereocenters. The predicted molar refractivity (Wildman–Crippen MR) is 114 cm³/mol. The lowest BCUT2D eigenvalue weighted by atomic mass is 9.87. The van der Waals surface area contributed by atoms with Gasteiger partial charge in [-0.1, -0.05) is 94.1 Å². The SMILES string of the molecule is C[Si](=C1C(C2=CC(C(C)(C)C)=CC2)=[C]c2ccccc21)c1ccccc1. The van der Waals surface area contributed by atoms with Crippen LogP contribution in [0.5, 0.6) is 0 Å². The van der Waals surface area contributed by atoms with E-state index in [1.807, 2.05) is 0 Å². The monoisotopic (exact) mass is 353 g/mol. The van der Waals surface area contributed by atoms with Crippen LogP contribution in [0.25, 0.3) is 0 Å². The lowest BCUT2D eigenvalue weighted by Crippen LogP contribution is -2.27. The summed E-state index contributed by atoms with van der Waals surface area (Å²) in [4.78, 5) is 0.